The molecule has 1 aromatic carbocycles. The monoisotopic (exact) mass is 296 g/mol. The van der Waals surface area contributed by atoms with Crippen LogP contribution < -0.4 is 0 Å². The van der Waals surface area contributed by atoms with E-state index in [1.165, 1.54) is 0 Å². The lowest BCUT2D eigenvalue weighted by molar-refractivity contribution is -0.158. The minimum absolute atomic E-state index is 0.155. The van der Waals surface area contributed by atoms with E-state index in [0.29, 0.717) is 0 Å². The molecule has 20 heavy (non-hydrogen) atoms. The highest BCUT2D eigenvalue weighted by Gasteiger charge is 2.35. The van der Waals surface area contributed by atoms with Gasteiger partial charge < -0.3 is 9.84 Å². The summed E-state index contributed by atoms with van der Waals surface area (Å²) in [6.07, 6.45) is -1.42. The lowest BCUT2D eigenvalue weighted by atomic mass is 9.91. The standard InChI is InChI=1S/C15H20O4S/c1-4-19-14(17)13(16)12(10(2)3)15(18)20-11-8-6-5-7-9-11/h5-10,12-13,16H,4H2,1-3H3/t12-,13+/m1/s1. The van der Waals surface area contributed by atoms with Crippen molar-refractivity contribution < 1.29 is 19.4 Å². The third kappa shape index (κ3) is 4.65. The van der Waals surface area contributed by atoms with E-state index in [1.54, 1.807) is 20.8 Å². The van der Waals surface area contributed by atoms with Gasteiger partial charge >= 0.3 is 5.97 Å². The molecule has 0 saturated heterocycles. The van der Waals surface area contributed by atoms with Crippen molar-refractivity contribution >= 4 is 22.8 Å². The molecular formula is C15H20O4S. The number of hydrogen-bond acceptors (Lipinski definition) is 5. The van der Waals surface area contributed by atoms with Crippen molar-refractivity contribution in [3.8, 4) is 0 Å². The van der Waals surface area contributed by atoms with Crippen molar-refractivity contribution in [2.45, 2.75) is 31.8 Å². The summed E-state index contributed by atoms with van der Waals surface area (Å²) >= 11 is 1.04. The lowest BCUT2D eigenvalue weighted by Crippen LogP contribution is -2.38. The van der Waals surface area contributed by atoms with E-state index >= 15 is 0 Å². The van der Waals surface area contributed by atoms with E-state index < -0.39 is 18.0 Å². The number of thioether (sulfide) groups is 1. The van der Waals surface area contributed by atoms with Gasteiger partial charge in [0.1, 0.15) is 0 Å². The summed E-state index contributed by atoms with van der Waals surface area (Å²) < 4.78 is 4.78. The third-order valence-electron chi connectivity index (χ3n) is 2.82. The number of esters is 1. The normalized spacial score (nSPS) is 13.8. The van der Waals surface area contributed by atoms with Crippen LogP contribution in [0.4, 0.5) is 0 Å². The van der Waals surface area contributed by atoms with Crippen LogP contribution in [-0.4, -0.2) is 28.9 Å². The first kappa shape index (κ1) is 16.7. The second-order valence-electron chi connectivity index (χ2n) is 4.70. The second-order valence-corrected chi connectivity index (χ2v) is 5.78. The Kier molecular flexibility index (Phi) is 6.75. The zero-order valence-electron chi connectivity index (χ0n) is 11.9. The molecule has 110 valence electrons. The van der Waals surface area contributed by atoms with Crippen LogP contribution in [0.5, 0.6) is 0 Å². The zero-order valence-corrected chi connectivity index (χ0v) is 12.7. The van der Waals surface area contributed by atoms with Crippen molar-refractivity contribution in [3.63, 3.8) is 0 Å². The Morgan fingerprint density at radius 3 is 2.35 bits per heavy atom. The third-order valence-corrected chi connectivity index (χ3v) is 3.80. The van der Waals surface area contributed by atoms with Gasteiger partial charge in [0.2, 0.25) is 0 Å². The number of carbonyl (C=O) groups is 2. The molecule has 0 bridgehead atoms. The predicted octanol–water partition coefficient (Wildman–Crippen LogP) is 2.50. The van der Waals surface area contributed by atoms with Gasteiger partial charge in [-0.05, 0) is 25.0 Å². The number of carbonyl (C=O) groups excluding carboxylic acids is 2. The molecule has 0 saturated carbocycles. The van der Waals surface area contributed by atoms with E-state index in [2.05, 4.69) is 0 Å². The van der Waals surface area contributed by atoms with Crippen LogP contribution in [0.15, 0.2) is 35.2 Å². The number of ether oxygens (including phenoxy) is 1. The van der Waals surface area contributed by atoms with Crippen molar-refractivity contribution in [3.05, 3.63) is 30.3 Å². The van der Waals surface area contributed by atoms with Crippen LogP contribution in [0.1, 0.15) is 20.8 Å². The lowest BCUT2D eigenvalue weighted by Gasteiger charge is -2.23. The molecule has 0 radical (unpaired) electrons. The summed E-state index contributed by atoms with van der Waals surface area (Å²) in [4.78, 5) is 24.7. The zero-order chi connectivity index (χ0) is 15.1. The topological polar surface area (TPSA) is 63.6 Å². The summed E-state index contributed by atoms with van der Waals surface area (Å²) in [5.41, 5.74) is 0. The SMILES string of the molecule is CCOC(=O)[C@@H](O)[C@H](C(=O)Sc1ccccc1)C(C)C. The molecule has 0 aromatic heterocycles. The molecule has 4 nitrogen and oxygen atoms in total. The van der Waals surface area contributed by atoms with E-state index in [9.17, 15) is 14.7 Å². The molecule has 0 aliphatic rings. The second kappa shape index (κ2) is 8.07. The maximum absolute atomic E-state index is 12.3. The molecule has 0 amide bonds. The molecule has 2 atom stereocenters. The van der Waals surface area contributed by atoms with Gasteiger partial charge in [-0.2, -0.15) is 0 Å². The van der Waals surface area contributed by atoms with Crippen LogP contribution in [0, 0.1) is 11.8 Å². The first-order chi connectivity index (χ1) is 9.47. The Balaban J connectivity index is 2.80. The van der Waals surface area contributed by atoms with Gasteiger partial charge in [0.25, 0.3) is 0 Å². The van der Waals surface area contributed by atoms with Gasteiger partial charge in [0.05, 0.1) is 12.5 Å². The van der Waals surface area contributed by atoms with Crippen molar-refractivity contribution in [1.82, 2.24) is 0 Å². The fourth-order valence-corrected chi connectivity index (χ4v) is 2.88. The summed E-state index contributed by atoms with van der Waals surface area (Å²) in [7, 11) is 0. The molecule has 0 heterocycles. The predicted molar refractivity (Wildman–Crippen MR) is 78.3 cm³/mol. The van der Waals surface area contributed by atoms with E-state index in [-0.39, 0.29) is 17.6 Å². The van der Waals surface area contributed by atoms with Crippen molar-refractivity contribution in [2.75, 3.05) is 6.61 Å². The average Bonchev–Trinajstić information content (AvgIpc) is 2.39. The summed E-state index contributed by atoms with van der Waals surface area (Å²) in [5, 5.41) is 9.79. The maximum Gasteiger partial charge on any atom is 0.335 e. The molecule has 0 aliphatic carbocycles. The Morgan fingerprint density at radius 1 is 1.25 bits per heavy atom. The van der Waals surface area contributed by atoms with Gasteiger partial charge in [0.15, 0.2) is 11.2 Å². The van der Waals surface area contributed by atoms with E-state index in [0.717, 1.165) is 16.7 Å². The fourth-order valence-electron chi connectivity index (χ4n) is 1.81. The average molecular weight is 296 g/mol. The number of aliphatic hydroxyl groups is 1. The fraction of sp³-hybridized carbons (Fsp3) is 0.467. The van der Waals surface area contributed by atoms with Gasteiger partial charge in [-0.3, -0.25) is 4.79 Å². The van der Waals surface area contributed by atoms with Gasteiger partial charge in [0, 0.05) is 4.90 Å². The number of rotatable bonds is 6. The molecule has 0 aliphatic heterocycles. The molecule has 1 aromatic rings. The molecule has 1 N–H and O–H groups in total. The molecule has 0 unspecified atom stereocenters. The maximum atomic E-state index is 12.3. The number of aliphatic hydroxyl groups excluding tert-OH is 1. The van der Waals surface area contributed by atoms with E-state index in [4.69, 9.17) is 4.74 Å². The number of hydrogen-bond donors (Lipinski definition) is 1. The number of benzene rings is 1. The highest BCUT2D eigenvalue weighted by molar-refractivity contribution is 8.13. The van der Waals surface area contributed by atoms with E-state index in [1.807, 2.05) is 30.3 Å². The van der Waals surface area contributed by atoms with Crippen LogP contribution in [0.2, 0.25) is 0 Å². The minimum atomic E-state index is -1.42. The van der Waals surface area contributed by atoms with Gasteiger partial charge in [-0.15, -0.1) is 0 Å². The van der Waals surface area contributed by atoms with Gasteiger partial charge in [-0.1, -0.05) is 43.8 Å². The summed E-state index contributed by atoms with van der Waals surface area (Å²) in [5.74, 6) is -1.68. The summed E-state index contributed by atoms with van der Waals surface area (Å²) in [6, 6.07) is 9.17. The van der Waals surface area contributed by atoms with Crippen molar-refractivity contribution in [1.29, 1.82) is 0 Å². The highest BCUT2D eigenvalue weighted by Crippen LogP contribution is 2.28. The molecule has 0 fully saturated rings. The molecule has 1 rings (SSSR count). The quantitative estimate of drug-likeness (QED) is 0.645. The minimum Gasteiger partial charge on any atom is -0.464 e. The Labute approximate surface area is 123 Å². The first-order valence-electron chi connectivity index (χ1n) is 6.58. The molecular weight excluding hydrogens is 276 g/mol. The Morgan fingerprint density at radius 2 is 1.85 bits per heavy atom. The smallest absolute Gasteiger partial charge is 0.335 e. The Hall–Kier alpha value is -1.33. The Bertz CT molecular complexity index is 444. The summed E-state index contributed by atoms with van der Waals surface area (Å²) in [6.45, 7) is 5.45. The molecule has 5 heteroatoms. The largest absolute Gasteiger partial charge is 0.464 e. The van der Waals surface area contributed by atoms with Crippen LogP contribution in [0.25, 0.3) is 0 Å². The first-order valence-corrected chi connectivity index (χ1v) is 7.40. The van der Waals surface area contributed by atoms with Crippen LogP contribution >= 0.6 is 11.8 Å². The van der Waals surface area contributed by atoms with Crippen LogP contribution in [-0.2, 0) is 14.3 Å². The molecule has 0 spiro atoms. The van der Waals surface area contributed by atoms with Crippen LogP contribution in [0.3, 0.4) is 0 Å². The van der Waals surface area contributed by atoms with Gasteiger partial charge in [-0.25, -0.2) is 4.79 Å². The van der Waals surface area contributed by atoms with Crippen molar-refractivity contribution in [2.24, 2.45) is 11.8 Å². The highest BCUT2D eigenvalue weighted by atomic mass is 32.2.